The van der Waals surface area contributed by atoms with Crippen LogP contribution >= 0.6 is 0 Å². The molecule has 17 heavy (non-hydrogen) atoms. The molecule has 0 aromatic rings. The number of rotatable bonds is 4. The van der Waals surface area contributed by atoms with Crippen LogP contribution in [0.2, 0.25) is 0 Å². The molecule has 0 amide bonds. The summed E-state index contributed by atoms with van der Waals surface area (Å²) in [4.78, 5) is 23.4. The molecule has 0 saturated heterocycles. The highest BCUT2D eigenvalue weighted by Gasteiger charge is 2.39. The van der Waals surface area contributed by atoms with Crippen molar-refractivity contribution in [2.24, 2.45) is 5.92 Å². The maximum atomic E-state index is 11.7. The van der Waals surface area contributed by atoms with Crippen molar-refractivity contribution in [3.05, 3.63) is 11.3 Å². The summed E-state index contributed by atoms with van der Waals surface area (Å²) >= 11 is 0. The van der Waals surface area contributed by atoms with Gasteiger partial charge in [0, 0.05) is 11.6 Å². The van der Waals surface area contributed by atoms with Crippen LogP contribution in [0.25, 0.3) is 0 Å². The molecule has 5 heteroatoms. The normalized spacial score (nSPS) is 23.3. The second kappa shape index (κ2) is 5.70. The SMILES string of the molecule is CCOC(=O)C1=C(C)NC(C(=O)OCC)C1C. The first-order valence-electron chi connectivity index (χ1n) is 5.83. The van der Waals surface area contributed by atoms with Gasteiger partial charge in [0.15, 0.2) is 0 Å². The third kappa shape index (κ3) is 2.78. The third-order valence-electron chi connectivity index (χ3n) is 2.77. The Bertz CT molecular complexity index is 348. The van der Waals surface area contributed by atoms with Crippen molar-refractivity contribution in [3.8, 4) is 0 Å². The van der Waals surface area contributed by atoms with Crippen molar-refractivity contribution < 1.29 is 19.1 Å². The standard InChI is InChI=1S/C12H19NO4/c1-5-16-11(14)9-7(3)10(13-8(9)4)12(15)17-6-2/h7,10,13H,5-6H2,1-4H3. The van der Waals surface area contributed by atoms with E-state index in [1.165, 1.54) is 0 Å². The van der Waals surface area contributed by atoms with Gasteiger partial charge in [-0.1, -0.05) is 6.92 Å². The Labute approximate surface area is 101 Å². The highest BCUT2D eigenvalue weighted by Crippen LogP contribution is 2.27. The number of carbonyl (C=O) groups excluding carboxylic acids is 2. The van der Waals surface area contributed by atoms with Gasteiger partial charge in [-0.3, -0.25) is 0 Å². The maximum absolute atomic E-state index is 11.7. The van der Waals surface area contributed by atoms with Crippen LogP contribution < -0.4 is 5.32 Å². The van der Waals surface area contributed by atoms with Crippen LogP contribution in [0, 0.1) is 5.92 Å². The fourth-order valence-corrected chi connectivity index (χ4v) is 1.99. The molecule has 0 spiro atoms. The minimum absolute atomic E-state index is 0.229. The van der Waals surface area contributed by atoms with E-state index in [4.69, 9.17) is 9.47 Å². The molecule has 0 fully saturated rings. The lowest BCUT2D eigenvalue weighted by atomic mass is 9.96. The second-order valence-corrected chi connectivity index (χ2v) is 3.92. The first-order valence-corrected chi connectivity index (χ1v) is 5.83. The maximum Gasteiger partial charge on any atom is 0.336 e. The van der Waals surface area contributed by atoms with E-state index in [-0.39, 0.29) is 17.9 Å². The quantitative estimate of drug-likeness (QED) is 0.744. The van der Waals surface area contributed by atoms with Crippen LogP contribution in [-0.2, 0) is 19.1 Å². The zero-order valence-corrected chi connectivity index (χ0v) is 10.7. The van der Waals surface area contributed by atoms with Gasteiger partial charge in [-0.2, -0.15) is 0 Å². The summed E-state index contributed by atoms with van der Waals surface area (Å²) in [7, 11) is 0. The summed E-state index contributed by atoms with van der Waals surface area (Å²) < 4.78 is 9.92. The van der Waals surface area contributed by atoms with Crippen LogP contribution in [0.5, 0.6) is 0 Å². The van der Waals surface area contributed by atoms with Crippen molar-refractivity contribution in [2.75, 3.05) is 13.2 Å². The zero-order chi connectivity index (χ0) is 13.0. The van der Waals surface area contributed by atoms with Crippen LogP contribution in [-0.4, -0.2) is 31.2 Å². The Balaban J connectivity index is 2.78. The van der Waals surface area contributed by atoms with Gasteiger partial charge in [0.1, 0.15) is 6.04 Å². The largest absolute Gasteiger partial charge is 0.464 e. The summed E-state index contributed by atoms with van der Waals surface area (Å²) in [5, 5.41) is 2.98. The fourth-order valence-electron chi connectivity index (χ4n) is 1.99. The molecular weight excluding hydrogens is 222 g/mol. The molecule has 1 N–H and O–H groups in total. The lowest BCUT2D eigenvalue weighted by Crippen LogP contribution is -2.37. The molecule has 0 aromatic heterocycles. The van der Waals surface area contributed by atoms with Crippen LogP contribution in [0.1, 0.15) is 27.7 Å². The molecule has 0 aromatic carbocycles. The Morgan fingerprint density at radius 2 is 1.82 bits per heavy atom. The molecule has 0 bridgehead atoms. The van der Waals surface area contributed by atoms with E-state index in [1.807, 2.05) is 6.92 Å². The van der Waals surface area contributed by atoms with Gasteiger partial charge in [0.2, 0.25) is 0 Å². The molecule has 1 aliphatic rings. The average Bonchev–Trinajstić information content (AvgIpc) is 2.55. The van der Waals surface area contributed by atoms with Crippen molar-refractivity contribution in [1.82, 2.24) is 5.32 Å². The molecule has 1 aliphatic heterocycles. The predicted molar refractivity (Wildman–Crippen MR) is 62.1 cm³/mol. The smallest absolute Gasteiger partial charge is 0.336 e. The first kappa shape index (κ1) is 13.5. The van der Waals surface area contributed by atoms with Crippen molar-refractivity contribution >= 4 is 11.9 Å². The lowest BCUT2D eigenvalue weighted by molar-refractivity contribution is -0.146. The highest BCUT2D eigenvalue weighted by atomic mass is 16.5. The molecule has 0 radical (unpaired) electrons. The minimum Gasteiger partial charge on any atom is -0.464 e. The zero-order valence-electron chi connectivity index (χ0n) is 10.7. The molecule has 96 valence electrons. The summed E-state index contributed by atoms with van der Waals surface area (Å²) in [5.74, 6) is -0.927. The number of allylic oxidation sites excluding steroid dienone is 1. The van der Waals surface area contributed by atoms with E-state index in [2.05, 4.69) is 5.32 Å². The molecule has 0 aliphatic carbocycles. The van der Waals surface area contributed by atoms with E-state index in [1.54, 1.807) is 20.8 Å². The van der Waals surface area contributed by atoms with Gasteiger partial charge in [-0.25, -0.2) is 9.59 Å². The summed E-state index contributed by atoms with van der Waals surface area (Å²) in [6.07, 6.45) is 0. The Morgan fingerprint density at radius 1 is 1.24 bits per heavy atom. The molecule has 1 heterocycles. The van der Waals surface area contributed by atoms with Crippen LogP contribution in [0.4, 0.5) is 0 Å². The van der Waals surface area contributed by atoms with Crippen molar-refractivity contribution in [3.63, 3.8) is 0 Å². The fraction of sp³-hybridized carbons (Fsp3) is 0.667. The lowest BCUT2D eigenvalue weighted by Gasteiger charge is -2.16. The van der Waals surface area contributed by atoms with Gasteiger partial charge < -0.3 is 14.8 Å². The number of hydrogen-bond acceptors (Lipinski definition) is 5. The second-order valence-electron chi connectivity index (χ2n) is 3.92. The van der Waals surface area contributed by atoms with Gasteiger partial charge in [-0.15, -0.1) is 0 Å². The van der Waals surface area contributed by atoms with E-state index in [9.17, 15) is 9.59 Å². The third-order valence-corrected chi connectivity index (χ3v) is 2.77. The molecule has 2 atom stereocenters. The van der Waals surface area contributed by atoms with Crippen LogP contribution in [0.15, 0.2) is 11.3 Å². The monoisotopic (exact) mass is 241 g/mol. The number of nitrogens with one attached hydrogen (secondary N) is 1. The molecule has 1 rings (SSSR count). The Kier molecular flexibility index (Phi) is 4.54. The molecule has 5 nitrogen and oxygen atoms in total. The summed E-state index contributed by atoms with van der Waals surface area (Å²) in [6, 6.07) is -0.491. The summed E-state index contributed by atoms with van der Waals surface area (Å²) in [5.41, 5.74) is 1.22. The van der Waals surface area contributed by atoms with E-state index in [0.29, 0.717) is 24.5 Å². The minimum atomic E-state index is -0.491. The highest BCUT2D eigenvalue weighted by molar-refractivity contribution is 5.93. The van der Waals surface area contributed by atoms with Gasteiger partial charge in [-0.05, 0) is 20.8 Å². The predicted octanol–water partition coefficient (Wildman–Crippen LogP) is 0.994. The van der Waals surface area contributed by atoms with E-state index in [0.717, 1.165) is 0 Å². The molecule has 2 unspecified atom stereocenters. The van der Waals surface area contributed by atoms with Gasteiger partial charge >= 0.3 is 11.9 Å². The number of hydrogen-bond donors (Lipinski definition) is 1. The molecule has 0 saturated carbocycles. The van der Waals surface area contributed by atoms with E-state index >= 15 is 0 Å². The Morgan fingerprint density at radius 3 is 2.35 bits per heavy atom. The van der Waals surface area contributed by atoms with Crippen molar-refractivity contribution in [2.45, 2.75) is 33.7 Å². The summed E-state index contributed by atoms with van der Waals surface area (Å²) in [6.45, 7) is 7.75. The number of ether oxygens (including phenoxy) is 2. The van der Waals surface area contributed by atoms with Crippen LogP contribution in [0.3, 0.4) is 0 Å². The van der Waals surface area contributed by atoms with Gasteiger partial charge in [0.05, 0.1) is 18.8 Å². The number of carbonyl (C=O) groups is 2. The van der Waals surface area contributed by atoms with Gasteiger partial charge in [0.25, 0.3) is 0 Å². The first-order chi connectivity index (χ1) is 8.02. The topological polar surface area (TPSA) is 64.6 Å². The average molecular weight is 241 g/mol. The molecular formula is C12H19NO4. The van der Waals surface area contributed by atoms with E-state index < -0.39 is 6.04 Å². The Hall–Kier alpha value is -1.52. The van der Waals surface area contributed by atoms with Crippen molar-refractivity contribution in [1.29, 1.82) is 0 Å². The number of esters is 2.